The van der Waals surface area contributed by atoms with Gasteiger partial charge < -0.3 is 35.8 Å². The van der Waals surface area contributed by atoms with E-state index in [-0.39, 0.29) is 42.4 Å². The summed E-state index contributed by atoms with van der Waals surface area (Å²) in [5.41, 5.74) is 6.34. The summed E-state index contributed by atoms with van der Waals surface area (Å²) >= 11 is 0. The van der Waals surface area contributed by atoms with Crippen molar-refractivity contribution in [1.82, 2.24) is 10.6 Å². The van der Waals surface area contributed by atoms with E-state index in [1.165, 1.54) is 22.3 Å². The van der Waals surface area contributed by atoms with Crippen LogP contribution in [0.5, 0.6) is 0 Å². The summed E-state index contributed by atoms with van der Waals surface area (Å²) in [7, 11) is 3.63. The number of fused-ring (bicyclic) bond motifs is 2. The van der Waals surface area contributed by atoms with Crippen molar-refractivity contribution in [3.63, 3.8) is 0 Å². The fourth-order valence-corrected chi connectivity index (χ4v) is 11.2. The first-order valence-corrected chi connectivity index (χ1v) is 22.9. The molecule has 2 saturated carbocycles. The van der Waals surface area contributed by atoms with Gasteiger partial charge in [0, 0.05) is 43.7 Å². The Labute approximate surface area is 367 Å². The Morgan fingerprint density at radius 3 is 2.56 bits per heavy atom. The van der Waals surface area contributed by atoms with Gasteiger partial charge in [-0.2, -0.15) is 0 Å². The van der Waals surface area contributed by atoms with Crippen molar-refractivity contribution < 1.29 is 30.0 Å². The van der Waals surface area contributed by atoms with E-state index < -0.39 is 17.1 Å². The van der Waals surface area contributed by atoms with E-state index in [0.29, 0.717) is 63.7 Å². The number of carbonyl (C=O) groups is 1. The van der Waals surface area contributed by atoms with Gasteiger partial charge in [0.1, 0.15) is 6.29 Å². The number of ether oxygens (including phenoxy) is 1. The number of hydrogen-bond acceptors (Lipinski definition) is 8. The highest BCUT2D eigenvalue weighted by atomic mass is 16.5. The number of benzene rings is 2. The second-order valence-electron chi connectivity index (χ2n) is 18.7. The molecule has 1 heterocycles. The predicted molar refractivity (Wildman–Crippen MR) is 248 cm³/mol. The number of aldehydes is 1. The average molecular weight is 837 g/mol. The lowest BCUT2D eigenvalue weighted by Crippen LogP contribution is -2.61. The lowest BCUT2D eigenvalue weighted by Gasteiger charge is -2.57. The van der Waals surface area contributed by atoms with E-state index in [1.54, 1.807) is 7.11 Å². The maximum atomic E-state index is 12.6. The monoisotopic (exact) mass is 837 g/mol. The first-order valence-electron chi connectivity index (χ1n) is 22.9. The highest BCUT2D eigenvalue weighted by Crippen LogP contribution is 2.64. The molecule has 0 aromatic heterocycles. The highest BCUT2D eigenvalue weighted by molar-refractivity contribution is 5.74. The Bertz CT molecular complexity index is 1870. The SMILES string of the molecule is C=C(C=CC=C(CO)C1CCC2(C(CCCO)C(=C(C)C=O)CCC2(O)CCNC)C1O)C1CC=C(C)CNC(C)(CCOC)Cc2cccc(c2)C1CCc1ccccc1. The zero-order chi connectivity index (χ0) is 44.0. The summed E-state index contributed by atoms with van der Waals surface area (Å²) < 4.78 is 5.53. The van der Waals surface area contributed by atoms with Crippen molar-refractivity contribution in [3.8, 4) is 0 Å². The quantitative estimate of drug-likeness (QED) is 0.0385. The number of allylic oxidation sites excluding steroid dienone is 7. The van der Waals surface area contributed by atoms with E-state index in [2.05, 4.69) is 91.2 Å². The van der Waals surface area contributed by atoms with Crippen LogP contribution in [0.25, 0.3) is 0 Å². The molecular formula is C53H76N2O6. The number of aryl methyl sites for hydroxylation is 1. The van der Waals surface area contributed by atoms with Crippen LogP contribution in [0.4, 0.5) is 0 Å². The van der Waals surface area contributed by atoms with E-state index in [1.807, 2.05) is 26.1 Å². The minimum Gasteiger partial charge on any atom is -0.396 e. The molecule has 8 nitrogen and oxygen atoms in total. The molecule has 2 bridgehead atoms. The lowest BCUT2D eigenvalue weighted by atomic mass is 9.51. The third-order valence-electron chi connectivity index (χ3n) is 14.8. The van der Waals surface area contributed by atoms with E-state index in [9.17, 15) is 25.2 Å². The Morgan fingerprint density at radius 1 is 1.07 bits per heavy atom. The van der Waals surface area contributed by atoms with E-state index in [0.717, 1.165) is 61.7 Å². The van der Waals surface area contributed by atoms with Gasteiger partial charge in [0.05, 0.1) is 18.3 Å². The van der Waals surface area contributed by atoms with Gasteiger partial charge in [0.15, 0.2) is 0 Å². The summed E-state index contributed by atoms with van der Waals surface area (Å²) in [6.07, 6.45) is 16.6. The normalized spacial score (nSPS) is 30.8. The molecule has 5 rings (SSSR count). The zero-order valence-electron chi connectivity index (χ0n) is 37.8. The minimum absolute atomic E-state index is 0.00888. The van der Waals surface area contributed by atoms with Gasteiger partial charge in [-0.3, -0.25) is 4.79 Å². The van der Waals surface area contributed by atoms with Crippen molar-refractivity contribution >= 4 is 6.29 Å². The van der Waals surface area contributed by atoms with Crippen LogP contribution in [0.1, 0.15) is 108 Å². The molecule has 2 aromatic carbocycles. The van der Waals surface area contributed by atoms with E-state index >= 15 is 0 Å². The standard InChI is InChI=1S/C53H76N2O6/c1-38-20-22-45(47(23-21-41-14-8-7-9-15-41)43-17-11-16-42(33-43)34-51(4,55-35-38)29-32-61-6)39(2)13-10-18-44(37-58)48-25-27-53(50(48)59)49(19-12-31-56)46(40(3)36-57)24-26-52(53,60)28-30-54-5/h7-11,13-18,20,33,36,45,47-50,54-56,58-60H,2,12,19,21-32,34-35,37H2,1,3-6H3. The van der Waals surface area contributed by atoms with Gasteiger partial charge in [0.25, 0.3) is 0 Å². The highest BCUT2D eigenvalue weighted by Gasteiger charge is 2.65. The van der Waals surface area contributed by atoms with Gasteiger partial charge >= 0.3 is 0 Å². The molecule has 334 valence electrons. The van der Waals surface area contributed by atoms with Crippen LogP contribution >= 0.6 is 0 Å². The Balaban J connectivity index is 1.49. The molecule has 1 aliphatic heterocycles. The molecule has 6 N–H and O–H groups in total. The van der Waals surface area contributed by atoms with E-state index in [4.69, 9.17) is 11.3 Å². The average Bonchev–Trinajstić information content (AvgIpc) is 3.61. The molecule has 8 unspecified atom stereocenters. The maximum Gasteiger partial charge on any atom is 0.145 e. The fourth-order valence-electron chi connectivity index (χ4n) is 11.2. The number of aliphatic hydroxyl groups excluding tert-OH is 3. The summed E-state index contributed by atoms with van der Waals surface area (Å²) in [5.74, 6) is -0.342. The summed E-state index contributed by atoms with van der Waals surface area (Å²) in [6, 6.07) is 19.8. The summed E-state index contributed by atoms with van der Waals surface area (Å²) in [5, 5.41) is 53.2. The van der Waals surface area contributed by atoms with Crippen LogP contribution in [-0.4, -0.2) is 91.0 Å². The largest absolute Gasteiger partial charge is 0.396 e. The van der Waals surface area contributed by atoms with Crippen LogP contribution in [0, 0.1) is 23.2 Å². The fraction of sp³-hybridized carbons (Fsp3) is 0.566. The Hall–Kier alpha value is -3.47. The predicted octanol–water partition coefficient (Wildman–Crippen LogP) is 8.12. The van der Waals surface area contributed by atoms with Gasteiger partial charge in [-0.1, -0.05) is 102 Å². The Kier molecular flexibility index (Phi) is 18.1. The number of hydrogen-bond donors (Lipinski definition) is 6. The number of rotatable bonds is 18. The van der Waals surface area contributed by atoms with Crippen molar-refractivity contribution in [1.29, 1.82) is 0 Å². The third-order valence-corrected chi connectivity index (χ3v) is 14.8. The molecule has 2 aromatic rings. The first-order chi connectivity index (χ1) is 29.4. The minimum atomic E-state index is -1.19. The van der Waals surface area contributed by atoms with Crippen molar-refractivity contribution in [2.75, 3.05) is 47.1 Å². The molecule has 8 atom stereocenters. The van der Waals surface area contributed by atoms with Crippen LogP contribution in [0.2, 0.25) is 0 Å². The molecule has 3 aliphatic rings. The van der Waals surface area contributed by atoms with Crippen LogP contribution < -0.4 is 10.6 Å². The first kappa shape index (κ1) is 48.6. The molecule has 2 aliphatic carbocycles. The number of aliphatic hydroxyl groups is 4. The van der Waals surface area contributed by atoms with Gasteiger partial charge in [-0.05, 0) is 157 Å². The third kappa shape index (κ3) is 11.6. The number of nitrogens with one attached hydrogen (secondary N) is 2. The maximum absolute atomic E-state index is 12.6. The van der Waals surface area contributed by atoms with Gasteiger partial charge in [-0.15, -0.1) is 0 Å². The molecule has 1 spiro atoms. The second kappa shape index (κ2) is 22.8. The van der Waals surface area contributed by atoms with Gasteiger partial charge in [0.2, 0.25) is 0 Å². The van der Waals surface area contributed by atoms with Crippen molar-refractivity contribution in [3.05, 3.63) is 130 Å². The molecule has 0 radical (unpaired) electrons. The number of carbonyl (C=O) groups excluding carboxylic acids is 1. The van der Waals surface area contributed by atoms with Crippen LogP contribution in [0.15, 0.2) is 113 Å². The topological polar surface area (TPSA) is 131 Å². The molecule has 8 heteroatoms. The number of methoxy groups -OCH3 is 1. The molecular weight excluding hydrogens is 761 g/mol. The van der Waals surface area contributed by atoms with Crippen molar-refractivity contribution in [2.24, 2.45) is 23.2 Å². The molecule has 2 fully saturated rings. The van der Waals surface area contributed by atoms with Crippen LogP contribution in [0.3, 0.4) is 0 Å². The molecule has 61 heavy (non-hydrogen) atoms. The summed E-state index contributed by atoms with van der Waals surface area (Å²) in [6.45, 7) is 12.9. The molecule has 0 amide bonds. The lowest BCUT2D eigenvalue weighted by molar-refractivity contribution is -0.180. The van der Waals surface area contributed by atoms with Gasteiger partial charge in [-0.25, -0.2) is 0 Å². The summed E-state index contributed by atoms with van der Waals surface area (Å²) in [4.78, 5) is 12.2. The second-order valence-corrected chi connectivity index (χ2v) is 18.7. The smallest absolute Gasteiger partial charge is 0.145 e. The molecule has 0 saturated heterocycles. The Morgan fingerprint density at radius 2 is 1.85 bits per heavy atom. The zero-order valence-corrected chi connectivity index (χ0v) is 37.8. The van der Waals surface area contributed by atoms with Crippen LogP contribution in [-0.2, 0) is 22.4 Å². The van der Waals surface area contributed by atoms with Crippen molar-refractivity contribution in [2.45, 2.75) is 121 Å².